The Hall–Kier alpha value is -2.82. The van der Waals surface area contributed by atoms with Gasteiger partial charge in [-0.15, -0.1) is 0 Å². The molecule has 0 aliphatic heterocycles. The van der Waals surface area contributed by atoms with Crippen molar-refractivity contribution in [2.24, 2.45) is 0 Å². The van der Waals surface area contributed by atoms with E-state index in [2.05, 4.69) is 70.8 Å². The smallest absolute Gasteiger partial charge is 0.256 e. The summed E-state index contributed by atoms with van der Waals surface area (Å²) in [5.74, 6) is 0.192. The van der Waals surface area contributed by atoms with E-state index in [-0.39, 0.29) is 11.9 Å². The highest BCUT2D eigenvalue weighted by Gasteiger charge is 2.40. The summed E-state index contributed by atoms with van der Waals surface area (Å²) >= 11 is 0. The zero-order valence-electron chi connectivity index (χ0n) is 17.4. The van der Waals surface area contributed by atoms with Crippen LogP contribution in [0.3, 0.4) is 0 Å². The van der Waals surface area contributed by atoms with Crippen LogP contribution in [0.15, 0.2) is 36.5 Å². The average Bonchev–Trinajstić information content (AvgIpc) is 3.34. The van der Waals surface area contributed by atoms with Crippen LogP contribution in [0.2, 0.25) is 0 Å². The number of hydrogen-bond acceptors (Lipinski definition) is 2. The van der Waals surface area contributed by atoms with Crippen LogP contribution in [-0.4, -0.2) is 37.7 Å². The summed E-state index contributed by atoms with van der Waals surface area (Å²) in [4.78, 5) is 16.0. The Balaban J connectivity index is 1.50. The van der Waals surface area contributed by atoms with Gasteiger partial charge in [0.1, 0.15) is 0 Å². The number of nitrogens with zero attached hydrogens (tertiary/aromatic N) is 3. The number of amides is 1. The summed E-state index contributed by atoms with van der Waals surface area (Å²) < 4.78 is 2.22. The molecular formula is C24H28N4O. The van der Waals surface area contributed by atoms with E-state index < -0.39 is 0 Å². The fraction of sp³-hybridized carbons (Fsp3) is 0.417. The van der Waals surface area contributed by atoms with E-state index in [1.165, 1.54) is 16.8 Å². The minimum absolute atomic E-state index is 0.192. The summed E-state index contributed by atoms with van der Waals surface area (Å²) in [7, 11) is 0. The Labute approximate surface area is 171 Å². The lowest BCUT2D eigenvalue weighted by molar-refractivity contribution is 0.0642. The van der Waals surface area contributed by atoms with Crippen molar-refractivity contribution in [2.45, 2.75) is 65.0 Å². The first-order valence-electron chi connectivity index (χ1n) is 10.6. The molecular weight excluding hydrogens is 360 g/mol. The topological polar surface area (TPSA) is 53.9 Å². The fourth-order valence-corrected chi connectivity index (χ4v) is 4.92. The van der Waals surface area contributed by atoms with Crippen LogP contribution in [-0.2, 0) is 12.8 Å². The highest BCUT2D eigenvalue weighted by atomic mass is 16.2. The van der Waals surface area contributed by atoms with E-state index in [0.717, 1.165) is 54.7 Å². The Morgan fingerprint density at radius 3 is 2.69 bits per heavy atom. The number of aryl methyl sites for hydroxylation is 3. The van der Waals surface area contributed by atoms with Gasteiger partial charge in [-0.25, -0.2) is 0 Å². The van der Waals surface area contributed by atoms with Crippen molar-refractivity contribution in [3.05, 3.63) is 70.3 Å². The largest absolute Gasteiger partial charge is 0.332 e. The number of nitrogens with one attached hydrogen (secondary N) is 1. The zero-order valence-corrected chi connectivity index (χ0v) is 17.4. The summed E-state index contributed by atoms with van der Waals surface area (Å²) in [6.45, 7) is 6.29. The van der Waals surface area contributed by atoms with Crippen LogP contribution in [0, 0.1) is 20.8 Å². The Kier molecular flexibility index (Phi) is 4.34. The standard InChI is InChI=1S/C24H28N4O/c1-15-6-4-5-7-23(15)27-16(2)12-21(17(27)3)24(29)28(19-8-9-19)20-10-11-22-18(13-20)14-25-26-22/h4-7,12,14,19-20H,8-11,13H2,1-3H3,(H,25,26). The fourth-order valence-electron chi connectivity index (χ4n) is 4.92. The van der Waals surface area contributed by atoms with Crippen molar-refractivity contribution < 1.29 is 4.79 Å². The molecule has 2 heterocycles. The molecule has 1 atom stereocenters. The molecule has 1 fully saturated rings. The highest BCUT2D eigenvalue weighted by molar-refractivity contribution is 5.96. The first-order chi connectivity index (χ1) is 14.0. The van der Waals surface area contributed by atoms with Gasteiger partial charge >= 0.3 is 0 Å². The van der Waals surface area contributed by atoms with Gasteiger partial charge in [0.25, 0.3) is 5.91 Å². The zero-order chi connectivity index (χ0) is 20.1. The third-order valence-electron chi connectivity index (χ3n) is 6.58. The Morgan fingerprint density at radius 1 is 1.14 bits per heavy atom. The second-order valence-corrected chi connectivity index (χ2v) is 8.62. The van der Waals surface area contributed by atoms with Gasteiger partial charge in [0.15, 0.2) is 0 Å². The quantitative estimate of drug-likeness (QED) is 0.725. The van der Waals surface area contributed by atoms with Crippen molar-refractivity contribution >= 4 is 5.91 Å². The average molecular weight is 389 g/mol. The van der Waals surface area contributed by atoms with Crippen molar-refractivity contribution in [3.8, 4) is 5.69 Å². The van der Waals surface area contributed by atoms with E-state index in [1.54, 1.807) is 0 Å². The maximum absolute atomic E-state index is 13.8. The number of carbonyl (C=O) groups excluding carboxylic acids is 1. The van der Waals surface area contributed by atoms with Crippen LogP contribution in [0.25, 0.3) is 5.69 Å². The van der Waals surface area contributed by atoms with Crippen LogP contribution in [0.4, 0.5) is 0 Å². The lowest BCUT2D eigenvalue weighted by atomic mass is 9.92. The molecule has 1 saturated carbocycles. The van der Waals surface area contributed by atoms with Gasteiger partial charge in [-0.2, -0.15) is 5.10 Å². The summed E-state index contributed by atoms with van der Waals surface area (Å²) in [5.41, 5.74) is 7.86. The molecule has 0 saturated heterocycles. The first kappa shape index (κ1) is 18.2. The molecule has 1 N–H and O–H groups in total. The minimum Gasteiger partial charge on any atom is -0.332 e. The Morgan fingerprint density at radius 2 is 1.93 bits per heavy atom. The Bertz CT molecular complexity index is 1070. The molecule has 2 aromatic heterocycles. The minimum atomic E-state index is 0.192. The van der Waals surface area contributed by atoms with Gasteiger partial charge in [-0.05, 0) is 76.1 Å². The third kappa shape index (κ3) is 3.09. The molecule has 2 aliphatic carbocycles. The van der Waals surface area contributed by atoms with Crippen LogP contribution < -0.4 is 0 Å². The van der Waals surface area contributed by atoms with Gasteiger partial charge in [-0.1, -0.05) is 18.2 Å². The van der Waals surface area contributed by atoms with Gasteiger partial charge in [0, 0.05) is 34.9 Å². The molecule has 0 spiro atoms. The van der Waals surface area contributed by atoms with Gasteiger partial charge in [-0.3, -0.25) is 9.89 Å². The predicted molar refractivity (Wildman–Crippen MR) is 114 cm³/mol. The number of carbonyl (C=O) groups is 1. The van der Waals surface area contributed by atoms with Gasteiger partial charge in [0.2, 0.25) is 0 Å². The van der Waals surface area contributed by atoms with Crippen molar-refractivity contribution in [1.29, 1.82) is 0 Å². The summed E-state index contributed by atoms with van der Waals surface area (Å²) in [6.07, 6.45) is 7.06. The van der Waals surface area contributed by atoms with E-state index in [1.807, 2.05) is 6.20 Å². The lowest BCUT2D eigenvalue weighted by Crippen LogP contribution is -2.45. The van der Waals surface area contributed by atoms with E-state index in [0.29, 0.717) is 6.04 Å². The SMILES string of the molecule is Cc1ccccc1-n1c(C)cc(C(=O)N(C2CC2)C2CCc3[nH]ncc3C2)c1C. The molecule has 1 amide bonds. The van der Waals surface area contributed by atoms with Crippen LogP contribution in [0.1, 0.15) is 57.8 Å². The molecule has 5 nitrogen and oxygen atoms in total. The molecule has 2 aliphatic rings. The monoisotopic (exact) mass is 388 g/mol. The number of aromatic nitrogens is 3. The third-order valence-corrected chi connectivity index (χ3v) is 6.58. The van der Waals surface area contributed by atoms with E-state index in [4.69, 9.17) is 0 Å². The molecule has 1 unspecified atom stereocenters. The molecule has 150 valence electrons. The molecule has 5 heteroatoms. The summed E-state index contributed by atoms with van der Waals surface area (Å²) in [6, 6.07) is 11.1. The molecule has 3 aromatic rings. The normalized spacial score (nSPS) is 18.5. The first-order valence-corrected chi connectivity index (χ1v) is 10.6. The molecule has 0 bridgehead atoms. The van der Waals surface area contributed by atoms with Gasteiger partial charge < -0.3 is 9.47 Å². The number of rotatable bonds is 4. The summed E-state index contributed by atoms with van der Waals surface area (Å²) in [5, 5.41) is 7.31. The lowest BCUT2D eigenvalue weighted by Gasteiger charge is -2.34. The number of H-pyrrole nitrogens is 1. The second-order valence-electron chi connectivity index (χ2n) is 8.62. The molecule has 0 radical (unpaired) electrons. The number of aromatic amines is 1. The number of para-hydroxylation sites is 1. The molecule has 29 heavy (non-hydrogen) atoms. The van der Waals surface area contributed by atoms with Crippen LogP contribution >= 0.6 is 0 Å². The number of hydrogen-bond donors (Lipinski definition) is 1. The van der Waals surface area contributed by atoms with Crippen molar-refractivity contribution in [3.63, 3.8) is 0 Å². The van der Waals surface area contributed by atoms with E-state index >= 15 is 0 Å². The number of fused-ring (bicyclic) bond motifs is 1. The van der Waals surface area contributed by atoms with Crippen LogP contribution in [0.5, 0.6) is 0 Å². The maximum Gasteiger partial charge on any atom is 0.256 e. The van der Waals surface area contributed by atoms with Gasteiger partial charge in [0.05, 0.1) is 11.8 Å². The van der Waals surface area contributed by atoms with Crippen molar-refractivity contribution in [1.82, 2.24) is 19.7 Å². The predicted octanol–water partition coefficient (Wildman–Crippen LogP) is 4.29. The maximum atomic E-state index is 13.8. The highest BCUT2D eigenvalue weighted by Crippen LogP contribution is 2.35. The number of benzene rings is 1. The molecule has 5 rings (SSSR count). The van der Waals surface area contributed by atoms with Crippen molar-refractivity contribution in [2.75, 3.05) is 0 Å². The second kappa shape index (κ2) is 6.90. The molecule has 1 aromatic carbocycles. The van der Waals surface area contributed by atoms with E-state index in [9.17, 15) is 4.79 Å².